The molecule has 1 aliphatic heterocycles. The van der Waals surface area contributed by atoms with Crippen LogP contribution in [0, 0.1) is 5.92 Å². The highest BCUT2D eigenvalue weighted by Gasteiger charge is 2.17. The molecular formula is C11H21NO2. The average molecular weight is 199 g/mol. The summed E-state index contributed by atoms with van der Waals surface area (Å²) in [5.41, 5.74) is 0. The minimum atomic E-state index is 0.140. The van der Waals surface area contributed by atoms with Gasteiger partial charge in [0.05, 0.1) is 6.10 Å². The van der Waals surface area contributed by atoms with Gasteiger partial charge in [0.25, 0.3) is 0 Å². The second-order valence-corrected chi connectivity index (χ2v) is 4.07. The minimum absolute atomic E-state index is 0.140. The summed E-state index contributed by atoms with van der Waals surface area (Å²) in [4.78, 5) is 11.5. The Labute approximate surface area is 86.2 Å². The van der Waals surface area contributed by atoms with Gasteiger partial charge in [-0.2, -0.15) is 0 Å². The largest absolute Gasteiger partial charge is 0.376 e. The SMILES string of the molecule is CCC[C@@H](C)C(=O)NC[C@H]1CCCO1. The lowest BCUT2D eigenvalue weighted by atomic mass is 10.1. The van der Waals surface area contributed by atoms with E-state index in [4.69, 9.17) is 4.74 Å². The van der Waals surface area contributed by atoms with E-state index in [1.54, 1.807) is 0 Å². The Morgan fingerprint density at radius 1 is 1.64 bits per heavy atom. The van der Waals surface area contributed by atoms with Crippen LogP contribution >= 0.6 is 0 Å². The molecule has 1 saturated heterocycles. The van der Waals surface area contributed by atoms with Crippen LogP contribution in [0.5, 0.6) is 0 Å². The van der Waals surface area contributed by atoms with Gasteiger partial charge in [-0.1, -0.05) is 20.3 Å². The van der Waals surface area contributed by atoms with Crippen molar-refractivity contribution in [3.63, 3.8) is 0 Å². The lowest BCUT2D eigenvalue weighted by Crippen LogP contribution is -2.35. The molecule has 0 saturated carbocycles. The third-order valence-electron chi connectivity index (χ3n) is 2.70. The Kier molecular flexibility index (Phi) is 4.94. The number of hydrogen-bond acceptors (Lipinski definition) is 2. The fourth-order valence-electron chi connectivity index (χ4n) is 1.76. The van der Waals surface area contributed by atoms with Gasteiger partial charge in [-0.15, -0.1) is 0 Å². The number of amides is 1. The van der Waals surface area contributed by atoms with Gasteiger partial charge in [-0.3, -0.25) is 4.79 Å². The molecule has 0 radical (unpaired) electrons. The Morgan fingerprint density at radius 3 is 3.00 bits per heavy atom. The molecule has 3 nitrogen and oxygen atoms in total. The zero-order chi connectivity index (χ0) is 10.4. The molecule has 1 rings (SSSR count). The van der Waals surface area contributed by atoms with E-state index in [2.05, 4.69) is 12.2 Å². The quantitative estimate of drug-likeness (QED) is 0.732. The number of hydrogen-bond donors (Lipinski definition) is 1. The molecule has 0 bridgehead atoms. The van der Waals surface area contributed by atoms with E-state index in [0.29, 0.717) is 6.54 Å². The van der Waals surface area contributed by atoms with Crippen LogP contribution in [0.25, 0.3) is 0 Å². The van der Waals surface area contributed by atoms with Crippen molar-refractivity contribution < 1.29 is 9.53 Å². The van der Waals surface area contributed by atoms with Crippen molar-refractivity contribution in [2.75, 3.05) is 13.2 Å². The maximum Gasteiger partial charge on any atom is 0.222 e. The van der Waals surface area contributed by atoms with Gasteiger partial charge in [0, 0.05) is 19.1 Å². The van der Waals surface area contributed by atoms with E-state index >= 15 is 0 Å². The fraction of sp³-hybridized carbons (Fsp3) is 0.909. The smallest absolute Gasteiger partial charge is 0.222 e. The van der Waals surface area contributed by atoms with E-state index < -0.39 is 0 Å². The molecule has 14 heavy (non-hydrogen) atoms. The van der Waals surface area contributed by atoms with E-state index in [0.717, 1.165) is 32.3 Å². The highest BCUT2D eigenvalue weighted by Crippen LogP contribution is 2.11. The van der Waals surface area contributed by atoms with Crippen LogP contribution in [0.4, 0.5) is 0 Å². The molecule has 0 aromatic rings. The Morgan fingerprint density at radius 2 is 2.43 bits per heavy atom. The van der Waals surface area contributed by atoms with Crippen molar-refractivity contribution in [2.24, 2.45) is 5.92 Å². The van der Waals surface area contributed by atoms with E-state index in [1.807, 2.05) is 6.92 Å². The Balaban J connectivity index is 2.13. The molecule has 0 aromatic heterocycles. The Hall–Kier alpha value is -0.570. The first kappa shape index (κ1) is 11.5. The number of ether oxygens (including phenoxy) is 1. The summed E-state index contributed by atoms with van der Waals surface area (Å²) in [5.74, 6) is 0.309. The third-order valence-corrected chi connectivity index (χ3v) is 2.70. The van der Waals surface area contributed by atoms with Gasteiger partial charge >= 0.3 is 0 Å². The zero-order valence-electron chi connectivity index (χ0n) is 9.21. The van der Waals surface area contributed by atoms with Crippen molar-refractivity contribution in [3.05, 3.63) is 0 Å². The van der Waals surface area contributed by atoms with Gasteiger partial charge in [-0.25, -0.2) is 0 Å². The topological polar surface area (TPSA) is 38.3 Å². The molecule has 1 fully saturated rings. The number of carbonyl (C=O) groups excluding carboxylic acids is 1. The van der Waals surface area contributed by atoms with Crippen molar-refractivity contribution in [1.29, 1.82) is 0 Å². The van der Waals surface area contributed by atoms with Crippen molar-refractivity contribution >= 4 is 5.91 Å². The summed E-state index contributed by atoms with van der Waals surface area (Å²) in [5, 5.41) is 2.95. The normalized spacial score (nSPS) is 23.4. The molecule has 0 aromatic carbocycles. The van der Waals surface area contributed by atoms with Gasteiger partial charge in [-0.05, 0) is 19.3 Å². The fourth-order valence-corrected chi connectivity index (χ4v) is 1.76. The molecule has 1 aliphatic rings. The summed E-state index contributed by atoms with van der Waals surface area (Å²) >= 11 is 0. The Bertz CT molecular complexity index is 176. The molecule has 1 N–H and O–H groups in total. The maximum absolute atomic E-state index is 11.5. The summed E-state index contributed by atoms with van der Waals surface area (Å²) in [7, 11) is 0. The van der Waals surface area contributed by atoms with Crippen LogP contribution in [-0.2, 0) is 9.53 Å². The highest BCUT2D eigenvalue weighted by atomic mass is 16.5. The van der Waals surface area contributed by atoms with E-state index in [9.17, 15) is 4.79 Å². The third kappa shape index (κ3) is 3.66. The van der Waals surface area contributed by atoms with Gasteiger partial charge < -0.3 is 10.1 Å². The highest BCUT2D eigenvalue weighted by molar-refractivity contribution is 5.78. The standard InChI is InChI=1S/C11H21NO2/c1-3-5-9(2)11(13)12-8-10-6-4-7-14-10/h9-10H,3-8H2,1-2H3,(H,12,13)/t9-,10-/m1/s1. The van der Waals surface area contributed by atoms with Gasteiger partial charge in [0.15, 0.2) is 0 Å². The molecule has 0 aliphatic carbocycles. The first-order valence-corrected chi connectivity index (χ1v) is 5.63. The first-order chi connectivity index (χ1) is 6.74. The summed E-state index contributed by atoms with van der Waals surface area (Å²) in [6.07, 6.45) is 4.51. The summed E-state index contributed by atoms with van der Waals surface area (Å²) in [6.45, 7) is 5.62. The lowest BCUT2D eigenvalue weighted by molar-refractivity contribution is -0.125. The monoisotopic (exact) mass is 199 g/mol. The van der Waals surface area contributed by atoms with Crippen LogP contribution in [0.1, 0.15) is 39.5 Å². The van der Waals surface area contributed by atoms with Crippen LogP contribution in [0.15, 0.2) is 0 Å². The maximum atomic E-state index is 11.5. The number of nitrogens with one attached hydrogen (secondary N) is 1. The van der Waals surface area contributed by atoms with Crippen LogP contribution < -0.4 is 5.32 Å². The zero-order valence-corrected chi connectivity index (χ0v) is 9.21. The number of rotatable bonds is 5. The molecule has 1 heterocycles. The number of carbonyl (C=O) groups is 1. The first-order valence-electron chi connectivity index (χ1n) is 5.63. The summed E-state index contributed by atoms with van der Waals surface area (Å²) < 4.78 is 5.43. The average Bonchev–Trinajstić information content (AvgIpc) is 2.67. The van der Waals surface area contributed by atoms with Gasteiger partial charge in [0.2, 0.25) is 5.91 Å². The molecular weight excluding hydrogens is 178 g/mol. The molecule has 3 heteroatoms. The van der Waals surface area contributed by atoms with Crippen molar-refractivity contribution in [1.82, 2.24) is 5.32 Å². The molecule has 0 unspecified atom stereocenters. The minimum Gasteiger partial charge on any atom is -0.376 e. The molecule has 82 valence electrons. The van der Waals surface area contributed by atoms with Gasteiger partial charge in [0.1, 0.15) is 0 Å². The predicted molar refractivity (Wildman–Crippen MR) is 56.1 cm³/mol. The lowest BCUT2D eigenvalue weighted by Gasteiger charge is -2.14. The molecule has 2 atom stereocenters. The predicted octanol–water partition coefficient (Wildman–Crippen LogP) is 1.72. The van der Waals surface area contributed by atoms with E-state index in [1.165, 1.54) is 0 Å². The van der Waals surface area contributed by atoms with Crippen LogP contribution in [0.2, 0.25) is 0 Å². The summed E-state index contributed by atoms with van der Waals surface area (Å²) in [6, 6.07) is 0. The van der Waals surface area contributed by atoms with E-state index in [-0.39, 0.29) is 17.9 Å². The molecule has 0 spiro atoms. The van der Waals surface area contributed by atoms with Crippen LogP contribution in [-0.4, -0.2) is 25.2 Å². The second kappa shape index (κ2) is 6.02. The molecule has 1 amide bonds. The second-order valence-electron chi connectivity index (χ2n) is 4.07. The van der Waals surface area contributed by atoms with Crippen molar-refractivity contribution in [2.45, 2.75) is 45.6 Å². The van der Waals surface area contributed by atoms with Crippen LogP contribution in [0.3, 0.4) is 0 Å². The van der Waals surface area contributed by atoms with Crippen molar-refractivity contribution in [3.8, 4) is 0 Å².